The van der Waals surface area contributed by atoms with Crippen molar-refractivity contribution in [2.75, 3.05) is 0 Å². The predicted molar refractivity (Wildman–Crippen MR) is 96.4 cm³/mol. The van der Waals surface area contributed by atoms with Crippen LogP contribution in [-0.4, -0.2) is 24.3 Å². The molecule has 0 radical (unpaired) electrons. The summed E-state index contributed by atoms with van der Waals surface area (Å²) in [5, 5.41) is 7.12. The Morgan fingerprint density at radius 2 is 1.84 bits per heavy atom. The Balaban J connectivity index is 1.79. The summed E-state index contributed by atoms with van der Waals surface area (Å²) in [4.78, 5) is 4.76. The van der Waals surface area contributed by atoms with Gasteiger partial charge in [0.2, 0.25) is 0 Å². The first-order valence-corrected chi connectivity index (χ1v) is 8.31. The normalized spacial score (nSPS) is 11.3. The van der Waals surface area contributed by atoms with Crippen LogP contribution in [0, 0.1) is 10.6 Å². The van der Waals surface area contributed by atoms with E-state index in [1.165, 1.54) is 12.1 Å². The number of nitrogens with zero attached hydrogens (tertiary/aromatic N) is 4. The van der Waals surface area contributed by atoms with Crippen LogP contribution in [0.3, 0.4) is 0 Å². The molecule has 0 spiro atoms. The highest BCUT2D eigenvalue weighted by Gasteiger charge is 2.14. The van der Waals surface area contributed by atoms with Crippen LogP contribution in [0.15, 0.2) is 48.5 Å². The van der Waals surface area contributed by atoms with Crippen molar-refractivity contribution in [3.8, 4) is 0 Å². The van der Waals surface area contributed by atoms with Gasteiger partial charge in [0.15, 0.2) is 10.6 Å². The Morgan fingerprint density at radius 1 is 1.08 bits per heavy atom. The minimum Gasteiger partial charge on any atom is -0.320 e. The summed E-state index contributed by atoms with van der Waals surface area (Å²) in [6, 6.07) is 14.5. The molecule has 5 nitrogen and oxygen atoms in total. The molecule has 0 fully saturated rings. The van der Waals surface area contributed by atoms with E-state index in [1.54, 1.807) is 12.1 Å². The van der Waals surface area contributed by atoms with Gasteiger partial charge in [-0.15, -0.1) is 0 Å². The number of fused-ring (bicyclic) bond motifs is 1. The monoisotopic (exact) mass is 353 g/mol. The molecule has 0 amide bonds. The fraction of sp³-hybridized carbons (Fsp3) is 0.167. The van der Waals surface area contributed by atoms with E-state index in [0.717, 1.165) is 28.2 Å². The summed E-state index contributed by atoms with van der Waals surface area (Å²) in [6.45, 7) is 0.556. The van der Waals surface area contributed by atoms with Crippen LogP contribution in [0.5, 0.6) is 0 Å². The number of H-pyrrole nitrogens is 1. The third-order valence-electron chi connectivity index (χ3n) is 4.28. The van der Waals surface area contributed by atoms with Crippen molar-refractivity contribution in [1.82, 2.24) is 24.3 Å². The number of rotatable bonds is 4. The van der Waals surface area contributed by atoms with Gasteiger partial charge in [-0.2, -0.15) is 5.10 Å². The zero-order valence-electron chi connectivity index (χ0n) is 13.6. The van der Waals surface area contributed by atoms with Crippen LogP contribution in [0.1, 0.15) is 17.2 Å². The second kappa shape index (κ2) is 6.25. The van der Waals surface area contributed by atoms with E-state index in [2.05, 4.69) is 14.8 Å². The highest BCUT2D eigenvalue weighted by atomic mass is 32.1. The molecule has 0 saturated carbocycles. The van der Waals surface area contributed by atoms with Gasteiger partial charge in [-0.05, 0) is 42.0 Å². The fourth-order valence-electron chi connectivity index (χ4n) is 2.88. The standard InChI is InChI=1S/C18H16FN5S/c1-23-17(21-22-18(23)25)11-24-15-5-3-2-4-14(15)20-16(24)10-12-6-8-13(19)9-7-12/h2-9H,10-11H2,1H3,(H,22,25). The number of hydrogen-bond acceptors (Lipinski definition) is 3. The zero-order chi connectivity index (χ0) is 17.4. The first-order valence-electron chi connectivity index (χ1n) is 7.90. The summed E-state index contributed by atoms with van der Waals surface area (Å²) in [5.41, 5.74) is 2.97. The minimum atomic E-state index is -0.237. The average Bonchev–Trinajstić information content (AvgIpc) is 3.12. The van der Waals surface area contributed by atoms with E-state index < -0.39 is 0 Å². The lowest BCUT2D eigenvalue weighted by molar-refractivity contribution is 0.626. The molecule has 4 aromatic rings. The Hall–Kier alpha value is -2.80. The van der Waals surface area contributed by atoms with Gasteiger partial charge in [-0.3, -0.25) is 5.10 Å². The zero-order valence-corrected chi connectivity index (χ0v) is 14.4. The van der Waals surface area contributed by atoms with Gasteiger partial charge in [-0.25, -0.2) is 9.37 Å². The van der Waals surface area contributed by atoms with E-state index in [9.17, 15) is 4.39 Å². The molecule has 2 heterocycles. The quantitative estimate of drug-likeness (QED) is 0.570. The molecule has 0 saturated heterocycles. The smallest absolute Gasteiger partial charge is 0.194 e. The number of para-hydroxylation sites is 2. The molecule has 0 atom stereocenters. The summed E-state index contributed by atoms with van der Waals surface area (Å²) in [7, 11) is 1.89. The molecule has 2 aromatic carbocycles. The van der Waals surface area contributed by atoms with Gasteiger partial charge in [0.05, 0.1) is 17.6 Å². The maximum atomic E-state index is 13.2. The number of benzene rings is 2. The lowest BCUT2D eigenvalue weighted by atomic mass is 10.1. The van der Waals surface area contributed by atoms with Crippen molar-refractivity contribution >= 4 is 23.3 Å². The van der Waals surface area contributed by atoms with Crippen LogP contribution in [-0.2, 0) is 20.0 Å². The molecule has 2 aromatic heterocycles. The lowest BCUT2D eigenvalue weighted by Crippen LogP contribution is -2.10. The predicted octanol–water partition coefficient (Wildman–Crippen LogP) is 3.61. The highest BCUT2D eigenvalue weighted by molar-refractivity contribution is 7.71. The summed E-state index contributed by atoms with van der Waals surface area (Å²) >= 11 is 5.20. The molecule has 0 aliphatic rings. The number of imidazole rings is 1. The molecular formula is C18H16FN5S. The third kappa shape index (κ3) is 2.98. The Bertz CT molecular complexity index is 1090. The second-order valence-electron chi connectivity index (χ2n) is 5.91. The van der Waals surface area contributed by atoms with Crippen LogP contribution in [0.25, 0.3) is 11.0 Å². The van der Waals surface area contributed by atoms with E-state index >= 15 is 0 Å². The number of aromatic nitrogens is 5. The molecule has 7 heteroatoms. The minimum absolute atomic E-state index is 0.237. The molecule has 0 aliphatic carbocycles. The highest BCUT2D eigenvalue weighted by Crippen LogP contribution is 2.20. The maximum absolute atomic E-state index is 13.2. The third-order valence-corrected chi connectivity index (χ3v) is 4.65. The molecule has 126 valence electrons. The molecule has 25 heavy (non-hydrogen) atoms. The topological polar surface area (TPSA) is 51.4 Å². The fourth-order valence-corrected chi connectivity index (χ4v) is 3.04. The first-order chi connectivity index (χ1) is 12.1. The van der Waals surface area contributed by atoms with E-state index in [1.807, 2.05) is 35.9 Å². The van der Waals surface area contributed by atoms with E-state index in [4.69, 9.17) is 17.2 Å². The summed E-state index contributed by atoms with van der Waals surface area (Å²) in [5.74, 6) is 1.49. The van der Waals surface area contributed by atoms with Crippen molar-refractivity contribution in [3.05, 3.63) is 76.3 Å². The van der Waals surface area contributed by atoms with Crippen LogP contribution in [0.2, 0.25) is 0 Å². The average molecular weight is 353 g/mol. The van der Waals surface area contributed by atoms with Crippen molar-refractivity contribution in [2.24, 2.45) is 7.05 Å². The largest absolute Gasteiger partial charge is 0.320 e. The van der Waals surface area contributed by atoms with Crippen LogP contribution in [0.4, 0.5) is 4.39 Å². The van der Waals surface area contributed by atoms with Gasteiger partial charge in [0, 0.05) is 13.5 Å². The molecule has 1 N–H and O–H groups in total. The first kappa shape index (κ1) is 15.7. The lowest BCUT2D eigenvalue weighted by Gasteiger charge is -2.09. The van der Waals surface area contributed by atoms with Gasteiger partial charge in [0.25, 0.3) is 0 Å². The molecule has 0 aliphatic heterocycles. The van der Waals surface area contributed by atoms with Gasteiger partial charge in [0.1, 0.15) is 11.6 Å². The van der Waals surface area contributed by atoms with Gasteiger partial charge in [-0.1, -0.05) is 24.3 Å². The Kier molecular flexibility index (Phi) is 3.93. The molecule has 0 bridgehead atoms. The second-order valence-corrected chi connectivity index (χ2v) is 6.30. The van der Waals surface area contributed by atoms with E-state index in [0.29, 0.717) is 17.7 Å². The summed E-state index contributed by atoms with van der Waals surface area (Å²) < 4.78 is 17.7. The van der Waals surface area contributed by atoms with Gasteiger partial charge >= 0.3 is 0 Å². The molecular weight excluding hydrogens is 337 g/mol. The maximum Gasteiger partial charge on any atom is 0.194 e. The Morgan fingerprint density at radius 3 is 2.56 bits per heavy atom. The number of nitrogens with one attached hydrogen (secondary N) is 1. The van der Waals surface area contributed by atoms with Crippen LogP contribution < -0.4 is 0 Å². The van der Waals surface area contributed by atoms with Crippen molar-refractivity contribution in [3.63, 3.8) is 0 Å². The van der Waals surface area contributed by atoms with Gasteiger partial charge < -0.3 is 9.13 Å². The summed E-state index contributed by atoms with van der Waals surface area (Å²) in [6.07, 6.45) is 0.615. The number of aromatic amines is 1. The van der Waals surface area contributed by atoms with Crippen molar-refractivity contribution < 1.29 is 4.39 Å². The Labute approximate surface area is 148 Å². The molecule has 4 rings (SSSR count). The number of halogens is 1. The van der Waals surface area contributed by atoms with Crippen molar-refractivity contribution in [1.29, 1.82) is 0 Å². The molecule has 0 unspecified atom stereocenters. The van der Waals surface area contributed by atoms with Crippen LogP contribution >= 0.6 is 12.2 Å². The SMILES string of the molecule is Cn1c(Cn2c(Cc3ccc(F)cc3)nc3ccccc32)n[nH]c1=S. The number of hydrogen-bond donors (Lipinski definition) is 1. The van der Waals surface area contributed by atoms with E-state index in [-0.39, 0.29) is 5.82 Å². The van der Waals surface area contributed by atoms with Crippen molar-refractivity contribution in [2.45, 2.75) is 13.0 Å².